The van der Waals surface area contributed by atoms with Gasteiger partial charge in [0.2, 0.25) is 0 Å². The van der Waals surface area contributed by atoms with Crippen LogP contribution in [0.25, 0.3) is 0 Å². The molecular weight excluding hydrogens is 260 g/mol. The summed E-state index contributed by atoms with van der Waals surface area (Å²) < 4.78 is 2.16. The summed E-state index contributed by atoms with van der Waals surface area (Å²) in [7, 11) is 2.66. The fraction of sp³-hybridized carbons (Fsp3) is 0.625. The van der Waals surface area contributed by atoms with E-state index in [1.165, 1.54) is 11.1 Å². The van der Waals surface area contributed by atoms with Crippen LogP contribution in [0.3, 0.4) is 0 Å². The Labute approximate surface area is 107 Å². The fourth-order valence-corrected chi connectivity index (χ4v) is 1.69. The van der Waals surface area contributed by atoms with Crippen molar-refractivity contribution in [2.45, 2.75) is 18.9 Å². The van der Waals surface area contributed by atoms with Gasteiger partial charge in [0.05, 0.1) is 6.41 Å². The molecule has 0 N–H and O–H groups in total. The van der Waals surface area contributed by atoms with Crippen LogP contribution in [0.5, 0.6) is 0 Å². The molecule has 0 spiro atoms. The van der Waals surface area contributed by atoms with E-state index in [1.54, 1.807) is 0 Å². The molecule has 1 unspecified atom stereocenters. The van der Waals surface area contributed by atoms with Gasteiger partial charge >= 0.3 is 0 Å². The van der Waals surface area contributed by atoms with E-state index in [1.807, 2.05) is 6.41 Å². The predicted molar refractivity (Wildman–Crippen MR) is 50.7 cm³/mol. The van der Waals surface area contributed by atoms with E-state index < -0.39 is 0 Å². The van der Waals surface area contributed by atoms with E-state index >= 15 is 0 Å². The van der Waals surface area contributed by atoms with E-state index in [9.17, 15) is 4.79 Å². The molecule has 1 heterocycles. The maximum absolute atomic E-state index is 10.4. The van der Waals surface area contributed by atoms with Gasteiger partial charge in [-0.2, -0.15) is 0 Å². The first kappa shape index (κ1) is 13.7. The molecule has 1 fully saturated rings. The normalized spacial score (nSPS) is 18.8. The van der Waals surface area contributed by atoms with Gasteiger partial charge in [0.25, 0.3) is 0 Å². The Bertz CT molecular complexity index is 164. The minimum absolute atomic E-state index is 0. The number of piperidine rings is 1. The minimum Gasteiger partial charge on any atom is -0.602 e. The van der Waals surface area contributed by atoms with Gasteiger partial charge < -0.3 is 22.5 Å². The molecule has 3 nitrogen and oxygen atoms in total. The second-order valence-electron chi connectivity index (χ2n) is 2.91. The van der Waals surface area contributed by atoms with Gasteiger partial charge in [-0.05, 0) is 12.8 Å². The third kappa shape index (κ3) is 4.16. The molecule has 0 aromatic carbocycles. The molecule has 1 amide bonds. The first-order chi connectivity index (χ1) is 5.77. The Kier molecular flexibility index (Phi) is 7.44. The Balaban J connectivity index is 0.00000144. The van der Waals surface area contributed by atoms with Crippen LogP contribution in [0, 0.1) is 6.58 Å². The van der Waals surface area contributed by atoms with Crippen LogP contribution < -0.4 is 0 Å². The fourth-order valence-electron chi connectivity index (χ4n) is 1.39. The number of hydrogen-bond acceptors (Lipinski definition) is 2. The van der Waals surface area contributed by atoms with Gasteiger partial charge in [0, 0.05) is 51.8 Å². The second kappa shape index (κ2) is 7.06. The van der Waals surface area contributed by atoms with Gasteiger partial charge in [-0.15, -0.1) is 0 Å². The molecule has 5 heteroatoms. The zero-order valence-corrected chi connectivity index (χ0v) is 11.5. The second-order valence-corrected chi connectivity index (χ2v) is 3.65. The summed E-state index contributed by atoms with van der Waals surface area (Å²) in [6, 6.07) is 0.240. The number of amides is 1. The summed E-state index contributed by atoms with van der Waals surface area (Å²) in [4.78, 5) is 11.8. The van der Waals surface area contributed by atoms with Gasteiger partial charge in [-0.25, -0.2) is 0 Å². The Morgan fingerprint density at radius 1 is 1.54 bits per heavy atom. The van der Waals surface area contributed by atoms with Crippen molar-refractivity contribution >= 4 is 15.8 Å². The van der Waals surface area contributed by atoms with Crippen molar-refractivity contribution in [1.82, 2.24) is 9.57 Å². The Morgan fingerprint density at radius 2 is 2.08 bits per heavy atom. The van der Waals surface area contributed by atoms with Crippen molar-refractivity contribution in [2.24, 2.45) is 0 Å². The molecule has 1 aliphatic rings. The van der Waals surface area contributed by atoms with Crippen LogP contribution in [0.2, 0.25) is 0 Å². The minimum atomic E-state index is 0. The summed E-state index contributed by atoms with van der Waals surface area (Å²) in [6.45, 7) is 7.24. The van der Waals surface area contributed by atoms with Crippen molar-refractivity contribution in [1.29, 1.82) is 0 Å². The smallest absolute Gasteiger partial charge is 0.0693 e. The molecule has 0 aromatic rings. The topological polar surface area (TPSA) is 23.6 Å². The molecule has 1 saturated heterocycles. The maximum atomic E-state index is 10.4. The molecule has 0 saturated carbocycles. The zero-order chi connectivity index (χ0) is 8.97. The molecule has 1 aliphatic heterocycles. The summed E-state index contributed by atoms with van der Waals surface area (Å²) in [5, 5.41) is 0. The van der Waals surface area contributed by atoms with Crippen LogP contribution in [0.15, 0.2) is 6.20 Å². The zero-order valence-electron chi connectivity index (χ0n) is 7.52. The third-order valence-electron chi connectivity index (χ3n) is 2.16. The average Bonchev–Trinajstić information content (AvgIpc) is 2.10. The number of nitrogens with zero attached hydrogens (tertiary/aromatic N) is 2. The molecule has 71 valence electrons. The Hall–Kier alpha value is 0.704. The predicted octanol–water partition coefficient (Wildman–Crippen LogP) is 0.554. The first-order valence-electron chi connectivity index (χ1n) is 3.98. The van der Waals surface area contributed by atoms with Crippen molar-refractivity contribution in [3.63, 3.8) is 0 Å². The van der Waals surface area contributed by atoms with Crippen LogP contribution in [0.1, 0.15) is 12.8 Å². The molecule has 1 radical (unpaired) electrons. The summed E-state index contributed by atoms with van der Waals surface area (Å²) >= 11 is 0. The van der Waals surface area contributed by atoms with E-state index in [0.29, 0.717) is 0 Å². The molecule has 0 aromatic heterocycles. The average molecular weight is 273 g/mol. The molecule has 13 heavy (non-hydrogen) atoms. The quantitative estimate of drug-likeness (QED) is 0.426. The SMILES string of the molecule is [CH-]=CN([C-]=O)C1CCN(P)CC1.[Y]. The summed E-state index contributed by atoms with van der Waals surface area (Å²) in [6.07, 6.45) is 5.04. The standard InChI is InChI=1S/C8H13N2OP.Y/c1-2-9(7-11)8-3-5-10(12)6-4-8;/h1-2,8H,3-6,12H2;/q-2;. The molecule has 0 bridgehead atoms. The number of carbonyl (C=O) groups excluding carboxylic acids is 1. The van der Waals surface area contributed by atoms with E-state index in [2.05, 4.69) is 14.1 Å². The molecular formula is C8H13N2OPY-2. The van der Waals surface area contributed by atoms with E-state index in [0.717, 1.165) is 25.9 Å². The molecule has 1 atom stereocenters. The van der Waals surface area contributed by atoms with Crippen LogP contribution in [0.4, 0.5) is 0 Å². The first-order valence-corrected chi connectivity index (χ1v) is 4.50. The largest absolute Gasteiger partial charge is 0.602 e. The van der Waals surface area contributed by atoms with Crippen molar-refractivity contribution < 1.29 is 37.5 Å². The monoisotopic (exact) mass is 273 g/mol. The number of hydrogen-bond donors (Lipinski definition) is 0. The van der Waals surface area contributed by atoms with Crippen molar-refractivity contribution in [2.75, 3.05) is 13.1 Å². The van der Waals surface area contributed by atoms with Gasteiger partial charge in [0.15, 0.2) is 0 Å². The van der Waals surface area contributed by atoms with Gasteiger partial charge in [-0.3, -0.25) is 4.67 Å². The summed E-state index contributed by atoms with van der Waals surface area (Å²) in [5.74, 6) is 0. The summed E-state index contributed by atoms with van der Waals surface area (Å²) in [5.41, 5.74) is 0. The molecule has 1 rings (SSSR count). The number of rotatable bonds is 3. The van der Waals surface area contributed by atoms with Crippen molar-refractivity contribution in [3.05, 3.63) is 12.8 Å². The third-order valence-corrected chi connectivity index (χ3v) is 2.67. The van der Waals surface area contributed by atoms with E-state index in [-0.39, 0.29) is 38.8 Å². The van der Waals surface area contributed by atoms with Crippen LogP contribution in [-0.4, -0.2) is 35.1 Å². The maximum Gasteiger partial charge on any atom is 0.0693 e. The van der Waals surface area contributed by atoms with Gasteiger partial charge in [-0.1, -0.05) is 9.39 Å². The van der Waals surface area contributed by atoms with Crippen molar-refractivity contribution in [3.8, 4) is 0 Å². The van der Waals surface area contributed by atoms with Crippen LogP contribution in [-0.2, 0) is 37.5 Å². The van der Waals surface area contributed by atoms with E-state index in [4.69, 9.17) is 6.58 Å². The van der Waals surface area contributed by atoms with Crippen LogP contribution >= 0.6 is 9.39 Å². The Morgan fingerprint density at radius 3 is 2.46 bits per heavy atom. The molecule has 0 aliphatic carbocycles. The van der Waals surface area contributed by atoms with Gasteiger partial charge in [0.1, 0.15) is 0 Å².